The third-order valence-corrected chi connectivity index (χ3v) is 3.85. The first-order valence-corrected chi connectivity index (χ1v) is 8.51. The van der Waals surface area contributed by atoms with E-state index in [1.807, 2.05) is 0 Å². The minimum atomic E-state index is -1.02. The predicted octanol–water partition coefficient (Wildman–Crippen LogP) is 3.92. The number of hydrogen-bond donors (Lipinski definition) is 1. The second kappa shape index (κ2) is 9.31. The van der Waals surface area contributed by atoms with Crippen LogP contribution >= 0.6 is 23.2 Å². The largest absolute Gasteiger partial charge is 0.453 e. The fraction of sp³-hybridized carbons (Fsp3) is 0.222. The van der Waals surface area contributed by atoms with Crippen molar-refractivity contribution in [3.05, 3.63) is 58.2 Å². The number of ether oxygens (including phenoxy) is 1. The molecule has 2 rings (SSSR count). The van der Waals surface area contributed by atoms with Crippen molar-refractivity contribution in [2.75, 3.05) is 5.32 Å². The number of esters is 1. The number of nitrogens with zero attached hydrogens (tertiary/aromatic N) is 1. The summed E-state index contributed by atoms with van der Waals surface area (Å²) >= 11 is 11.5. The number of anilines is 1. The lowest BCUT2D eigenvalue weighted by atomic mass is 10.1. The Morgan fingerprint density at radius 3 is 2.31 bits per heavy atom. The van der Waals surface area contributed by atoms with Crippen molar-refractivity contribution in [1.82, 2.24) is 4.98 Å². The summed E-state index contributed by atoms with van der Waals surface area (Å²) in [6.45, 7) is 1.43. The Labute approximate surface area is 160 Å². The molecule has 8 heteroatoms. The van der Waals surface area contributed by atoms with Gasteiger partial charge in [-0.2, -0.15) is 0 Å². The number of amides is 1. The number of benzene rings is 1. The van der Waals surface area contributed by atoms with Crippen LogP contribution in [-0.4, -0.2) is 28.7 Å². The molecule has 1 unspecified atom stereocenters. The van der Waals surface area contributed by atoms with Gasteiger partial charge in [0, 0.05) is 23.2 Å². The Kier molecular flexibility index (Phi) is 7.12. The summed E-state index contributed by atoms with van der Waals surface area (Å²) in [5.41, 5.74) is 0.460. The molecule has 1 N–H and O–H groups in total. The van der Waals surface area contributed by atoms with E-state index in [0.29, 0.717) is 21.4 Å². The van der Waals surface area contributed by atoms with Crippen LogP contribution in [0.15, 0.2) is 42.6 Å². The number of Topliss-reactive ketones (excluding diaryl/α,β-unsaturated/α-hetero) is 1. The van der Waals surface area contributed by atoms with Crippen LogP contribution in [0.25, 0.3) is 0 Å². The summed E-state index contributed by atoms with van der Waals surface area (Å²) in [6, 6.07) is 9.48. The molecule has 1 amide bonds. The van der Waals surface area contributed by atoms with Gasteiger partial charge < -0.3 is 10.1 Å². The summed E-state index contributed by atoms with van der Waals surface area (Å²) in [4.78, 5) is 39.7. The zero-order valence-electron chi connectivity index (χ0n) is 13.9. The summed E-state index contributed by atoms with van der Waals surface area (Å²) in [7, 11) is 0. The number of aromatic nitrogens is 1. The van der Waals surface area contributed by atoms with Gasteiger partial charge in [-0.15, -0.1) is 0 Å². The second-order valence-electron chi connectivity index (χ2n) is 5.41. The average molecular weight is 395 g/mol. The molecule has 1 aromatic heterocycles. The molecule has 1 atom stereocenters. The highest BCUT2D eigenvalue weighted by atomic mass is 35.5. The van der Waals surface area contributed by atoms with Gasteiger partial charge >= 0.3 is 5.97 Å². The third kappa shape index (κ3) is 6.13. The van der Waals surface area contributed by atoms with Gasteiger partial charge in [-0.1, -0.05) is 23.2 Å². The lowest BCUT2D eigenvalue weighted by Crippen LogP contribution is -2.30. The topological polar surface area (TPSA) is 85.4 Å². The first-order valence-electron chi connectivity index (χ1n) is 7.76. The van der Waals surface area contributed by atoms with Crippen molar-refractivity contribution in [1.29, 1.82) is 0 Å². The number of carbonyl (C=O) groups is 3. The van der Waals surface area contributed by atoms with E-state index in [9.17, 15) is 14.4 Å². The first kappa shape index (κ1) is 19.9. The summed E-state index contributed by atoms with van der Waals surface area (Å²) in [5.74, 6) is -1.09. The number of halogens is 2. The van der Waals surface area contributed by atoms with Crippen molar-refractivity contribution in [2.24, 2.45) is 0 Å². The summed E-state index contributed by atoms with van der Waals surface area (Å²) in [5, 5.41) is 3.47. The number of ketones is 1. The number of nitrogens with one attached hydrogen (secondary N) is 1. The average Bonchev–Trinajstić information content (AvgIpc) is 2.62. The standard InChI is InChI=1S/C18H16Cl2N2O4/c1-11(18(25)22-16-8-6-14(20)10-21-16)26-17(24)9-7-15(23)12-2-4-13(19)5-3-12/h2-6,8,10-11H,7,9H2,1H3,(H,21,22,25). The zero-order chi connectivity index (χ0) is 19.1. The number of pyridine rings is 1. The molecule has 0 saturated heterocycles. The molecular formula is C18H16Cl2N2O4. The molecule has 0 spiro atoms. The molecule has 1 heterocycles. The first-order chi connectivity index (χ1) is 12.3. The van der Waals surface area contributed by atoms with Gasteiger partial charge in [0.15, 0.2) is 11.9 Å². The van der Waals surface area contributed by atoms with E-state index < -0.39 is 18.0 Å². The van der Waals surface area contributed by atoms with Crippen molar-refractivity contribution in [3.63, 3.8) is 0 Å². The molecule has 2 aromatic rings. The van der Waals surface area contributed by atoms with Crippen LogP contribution in [0.2, 0.25) is 10.0 Å². The van der Waals surface area contributed by atoms with Crippen LogP contribution in [0.1, 0.15) is 30.1 Å². The van der Waals surface area contributed by atoms with Gasteiger partial charge in [0.25, 0.3) is 5.91 Å². The fourth-order valence-corrected chi connectivity index (χ4v) is 2.22. The van der Waals surface area contributed by atoms with E-state index in [2.05, 4.69) is 10.3 Å². The summed E-state index contributed by atoms with van der Waals surface area (Å²) < 4.78 is 5.04. The van der Waals surface area contributed by atoms with Gasteiger partial charge in [-0.3, -0.25) is 14.4 Å². The quantitative estimate of drug-likeness (QED) is 0.567. The van der Waals surface area contributed by atoms with Crippen molar-refractivity contribution in [3.8, 4) is 0 Å². The monoisotopic (exact) mass is 394 g/mol. The van der Waals surface area contributed by atoms with E-state index in [0.717, 1.165) is 0 Å². The minimum absolute atomic E-state index is 0.0203. The van der Waals surface area contributed by atoms with Crippen molar-refractivity contribution >= 4 is 46.7 Å². The molecule has 0 aliphatic rings. The molecule has 26 heavy (non-hydrogen) atoms. The molecule has 0 aliphatic heterocycles. The smallest absolute Gasteiger partial charge is 0.307 e. The molecule has 1 aromatic carbocycles. The highest BCUT2D eigenvalue weighted by molar-refractivity contribution is 6.30. The Bertz CT molecular complexity index is 792. The van der Waals surface area contributed by atoms with Crippen LogP contribution in [-0.2, 0) is 14.3 Å². The molecule has 0 fully saturated rings. The van der Waals surface area contributed by atoms with E-state index in [1.54, 1.807) is 30.3 Å². The van der Waals surface area contributed by atoms with E-state index >= 15 is 0 Å². The number of carbonyl (C=O) groups excluding carboxylic acids is 3. The van der Waals surface area contributed by atoms with Gasteiger partial charge in [0.1, 0.15) is 5.82 Å². The third-order valence-electron chi connectivity index (χ3n) is 3.38. The molecule has 136 valence electrons. The Morgan fingerprint density at radius 2 is 1.69 bits per heavy atom. The van der Waals surface area contributed by atoms with Crippen LogP contribution in [0.4, 0.5) is 5.82 Å². The van der Waals surface area contributed by atoms with Crippen molar-refractivity contribution in [2.45, 2.75) is 25.9 Å². The molecular weight excluding hydrogens is 379 g/mol. The molecule has 0 radical (unpaired) electrons. The zero-order valence-corrected chi connectivity index (χ0v) is 15.4. The molecule has 0 bridgehead atoms. The van der Waals surface area contributed by atoms with E-state index in [4.69, 9.17) is 27.9 Å². The SMILES string of the molecule is CC(OC(=O)CCC(=O)c1ccc(Cl)cc1)C(=O)Nc1ccc(Cl)cn1. The lowest BCUT2D eigenvalue weighted by Gasteiger charge is -2.13. The molecule has 0 aliphatic carbocycles. The van der Waals surface area contributed by atoms with E-state index in [1.165, 1.54) is 19.2 Å². The van der Waals surface area contributed by atoms with E-state index in [-0.39, 0.29) is 18.6 Å². The highest BCUT2D eigenvalue weighted by Gasteiger charge is 2.19. The molecule has 6 nitrogen and oxygen atoms in total. The van der Waals surface area contributed by atoms with Gasteiger partial charge in [0.05, 0.1) is 11.4 Å². The lowest BCUT2D eigenvalue weighted by molar-refractivity contribution is -0.153. The second-order valence-corrected chi connectivity index (χ2v) is 6.29. The maximum atomic E-state index is 12.0. The normalized spacial score (nSPS) is 11.5. The highest BCUT2D eigenvalue weighted by Crippen LogP contribution is 2.13. The Morgan fingerprint density at radius 1 is 1.04 bits per heavy atom. The van der Waals surface area contributed by atoms with Crippen molar-refractivity contribution < 1.29 is 19.1 Å². The fourth-order valence-electron chi connectivity index (χ4n) is 1.98. The van der Waals surface area contributed by atoms with Crippen LogP contribution in [0.5, 0.6) is 0 Å². The van der Waals surface area contributed by atoms with Gasteiger partial charge in [-0.25, -0.2) is 4.98 Å². The van der Waals surface area contributed by atoms with Gasteiger partial charge in [0.2, 0.25) is 0 Å². The Balaban J connectivity index is 1.79. The number of rotatable bonds is 7. The summed E-state index contributed by atoms with van der Waals surface area (Å²) in [6.07, 6.45) is 0.216. The van der Waals surface area contributed by atoms with Crippen LogP contribution in [0.3, 0.4) is 0 Å². The maximum absolute atomic E-state index is 12.0. The maximum Gasteiger partial charge on any atom is 0.307 e. The van der Waals surface area contributed by atoms with Gasteiger partial charge in [-0.05, 0) is 43.3 Å². The van der Waals surface area contributed by atoms with Crippen LogP contribution in [0, 0.1) is 0 Å². The van der Waals surface area contributed by atoms with Crippen LogP contribution < -0.4 is 5.32 Å². The predicted molar refractivity (Wildman–Crippen MR) is 98.4 cm³/mol. The minimum Gasteiger partial charge on any atom is -0.453 e. The Hall–Kier alpha value is -2.44. The number of hydrogen-bond acceptors (Lipinski definition) is 5. The molecule has 0 saturated carbocycles.